The van der Waals surface area contributed by atoms with E-state index in [0.717, 1.165) is 23.8 Å². The van der Waals surface area contributed by atoms with Crippen LogP contribution in [0.4, 0.5) is 5.82 Å². The Bertz CT molecular complexity index is 510. The van der Waals surface area contributed by atoms with E-state index in [4.69, 9.17) is 10.5 Å². The zero-order valence-electron chi connectivity index (χ0n) is 11.2. The van der Waals surface area contributed by atoms with E-state index in [2.05, 4.69) is 9.97 Å². The summed E-state index contributed by atoms with van der Waals surface area (Å²) in [7, 11) is 3.64. The molecule has 0 bridgehead atoms. The Morgan fingerprint density at radius 1 is 1.16 bits per heavy atom. The lowest BCUT2D eigenvalue weighted by atomic mass is 10.2. The predicted octanol–water partition coefficient (Wildman–Crippen LogP) is 1.58. The molecular weight excluding hydrogens is 240 g/mol. The molecule has 0 saturated carbocycles. The van der Waals surface area contributed by atoms with Crippen molar-refractivity contribution in [3.63, 3.8) is 0 Å². The molecule has 2 N–H and O–H groups in total. The molecule has 5 nitrogen and oxygen atoms in total. The second kappa shape index (κ2) is 6.15. The van der Waals surface area contributed by atoms with Gasteiger partial charge in [0, 0.05) is 20.1 Å². The van der Waals surface area contributed by atoms with Crippen LogP contribution in [-0.2, 0) is 13.1 Å². The monoisotopic (exact) mass is 258 g/mol. The van der Waals surface area contributed by atoms with Crippen LogP contribution in [0.25, 0.3) is 0 Å². The Labute approximate surface area is 113 Å². The Hall–Kier alpha value is -2.14. The van der Waals surface area contributed by atoms with Crippen LogP contribution in [0, 0.1) is 0 Å². The second-order valence-electron chi connectivity index (χ2n) is 4.27. The van der Waals surface area contributed by atoms with Crippen molar-refractivity contribution in [1.82, 2.24) is 9.97 Å². The van der Waals surface area contributed by atoms with Crippen LogP contribution >= 0.6 is 0 Å². The fourth-order valence-electron chi connectivity index (χ4n) is 1.74. The highest BCUT2D eigenvalue weighted by Gasteiger charge is 2.04. The van der Waals surface area contributed by atoms with Crippen molar-refractivity contribution in [2.75, 3.05) is 19.1 Å². The molecule has 0 amide bonds. The molecule has 100 valence electrons. The van der Waals surface area contributed by atoms with Gasteiger partial charge in [-0.05, 0) is 17.7 Å². The molecule has 0 fully saturated rings. The van der Waals surface area contributed by atoms with Gasteiger partial charge in [-0.2, -0.15) is 0 Å². The summed E-state index contributed by atoms with van der Waals surface area (Å²) in [6, 6.07) is 7.98. The van der Waals surface area contributed by atoms with Crippen LogP contribution in [0.5, 0.6) is 5.75 Å². The second-order valence-corrected chi connectivity index (χ2v) is 4.27. The molecule has 1 heterocycles. The van der Waals surface area contributed by atoms with Gasteiger partial charge in [-0.1, -0.05) is 12.1 Å². The summed E-state index contributed by atoms with van der Waals surface area (Å²) in [5.74, 6) is 1.69. The van der Waals surface area contributed by atoms with Gasteiger partial charge in [-0.3, -0.25) is 4.98 Å². The molecule has 0 aliphatic carbocycles. The maximum absolute atomic E-state index is 5.50. The first-order valence-electron chi connectivity index (χ1n) is 6.08. The van der Waals surface area contributed by atoms with Crippen molar-refractivity contribution < 1.29 is 4.74 Å². The van der Waals surface area contributed by atoms with Crippen molar-refractivity contribution in [2.45, 2.75) is 13.1 Å². The van der Waals surface area contributed by atoms with Gasteiger partial charge in [0.2, 0.25) is 0 Å². The first-order chi connectivity index (χ1) is 9.22. The lowest BCUT2D eigenvalue weighted by Gasteiger charge is -2.18. The molecule has 0 unspecified atom stereocenters. The van der Waals surface area contributed by atoms with Crippen LogP contribution in [0.3, 0.4) is 0 Å². The molecule has 0 aliphatic rings. The molecule has 0 aliphatic heterocycles. The summed E-state index contributed by atoms with van der Waals surface area (Å²) in [5, 5.41) is 0. The smallest absolute Gasteiger partial charge is 0.147 e. The Balaban J connectivity index is 2.04. The quantitative estimate of drug-likeness (QED) is 0.882. The number of methoxy groups -OCH3 is 1. The van der Waals surface area contributed by atoms with Crippen molar-refractivity contribution in [1.29, 1.82) is 0 Å². The fourth-order valence-corrected chi connectivity index (χ4v) is 1.74. The highest BCUT2D eigenvalue weighted by atomic mass is 16.5. The summed E-state index contributed by atoms with van der Waals surface area (Å²) in [4.78, 5) is 10.6. The topological polar surface area (TPSA) is 64.3 Å². The predicted molar refractivity (Wildman–Crippen MR) is 75.0 cm³/mol. The van der Waals surface area contributed by atoms with Crippen LogP contribution in [0.1, 0.15) is 11.3 Å². The minimum absolute atomic E-state index is 0.412. The van der Waals surface area contributed by atoms with E-state index in [-0.39, 0.29) is 0 Å². The van der Waals surface area contributed by atoms with Crippen LogP contribution in [-0.4, -0.2) is 24.1 Å². The summed E-state index contributed by atoms with van der Waals surface area (Å²) in [6.07, 6.45) is 3.45. The number of hydrogen-bond acceptors (Lipinski definition) is 5. The molecular formula is C14H18N4O. The van der Waals surface area contributed by atoms with Gasteiger partial charge < -0.3 is 15.4 Å². The lowest BCUT2D eigenvalue weighted by molar-refractivity contribution is 0.414. The summed E-state index contributed by atoms with van der Waals surface area (Å²) < 4.78 is 5.14. The molecule has 0 atom stereocenters. The number of aromatic nitrogens is 2. The van der Waals surface area contributed by atoms with E-state index in [0.29, 0.717) is 6.54 Å². The summed E-state index contributed by atoms with van der Waals surface area (Å²) in [5.41, 5.74) is 7.48. The molecule has 5 heteroatoms. The van der Waals surface area contributed by atoms with E-state index in [1.54, 1.807) is 19.5 Å². The van der Waals surface area contributed by atoms with Gasteiger partial charge >= 0.3 is 0 Å². The van der Waals surface area contributed by atoms with Crippen molar-refractivity contribution >= 4 is 5.82 Å². The number of nitrogens with two attached hydrogens (primary N) is 1. The van der Waals surface area contributed by atoms with Gasteiger partial charge in [-0.15, -0.1) is 0 Å². The van der Waals surface area contributed by atoms with Crippen LogP contribution < -0.4 is 15.4 Å². The number of nitrogens with zero attached hydrogens (tertiary/aromatic N) is 3. The third-order valence-corrected chi connectivity index (χ3v) is 2.87. The summed E-state index contributed by atoms with van der Waals surface area (Å²) in [6.45, 7) is 1.18. The van der Waals surface area contributed by atoms with Gasteiger partial charge in [-0.25, -0.2) is 4.98 Å². The number of hydrogen-bond donors (Lipinski definition) is 1. The first-order valence-corrected chi connectivity index (χ1v) is 6.08. The van der Waals surface area contributed by atoms with Crippen molar-refractivity contribution in [3.05, 3.63) is 47.9 Å². The van der Waals surface area contributed by atoms with E-state index < -0.39 is 0 Å². The largest absolute Gasteiger partial charge is 0.497 e. The third-order valence-electron chi connectivity index (χ3n) is 2.87. The Kier molecular flexibility index (Phi) is 4.30. The minimum Gasteiger partial charge on any atom is -0.497 e. The molecule has 1 aromatic carbocycles. The Morgan fingerprint density at radius 3 is 2.42 bits per heavy atom. The van der Waals surface area contributed by atoms with Gasteiger partial charge in [0.1, 0.15) is 11.6 Å². The fraction of sp³-hybridized carbons (Fsp3) is 0.286. The lowest BCUT2D eigenvalue weighted by Crippen LogP contribution is -2.18. The van der Waals surface area contributed by atoms with E-state index >= 15 is 0 Å². The molecule has 19 heavy (non-hydrogen) atoms. The standard InChI is InChI=1S/C14H18N4O/c1-18(14-9-16-12(7-15)8-17-14)10-11-3-5-13(19-2)6-4-11/h3-6,8-9H,7,10,15H2,1-2H3. The molecule has 0 saturated heterocycles. The van der Waals surface area contributed by atoms with Crippen LogP contribution in [0.15, 0.2) is 36.7 Å². The maximum Gasteiger partial charge on any atom is 0.147 e. The molecule has 2 aromatic rings. The zero-order chi connectivity index (χ0) is 13.7. The molecule has 1 aromatic heterocycles. The van der Waals surface area contributed by atoms with Gasteiger partial charge in [0.25, 0.3) is 0 Å². The number of ether oxygens (including phenoxy) is 1. The zero-order valence-corrected chi connectivity index (χ0v) is 11.2. The Morgan fingerprint density at radius 2 is 1.89 bits per heavy atom. The highest BCUT2D eigenvalue weighted by molar-refractivity contribution is 5.37. The maximum atomic E-state index is 5.50. The minimum atomic E-state index is 0.412. The average molecular weight is 258 g/mol. The van der Waals surface area contributed by atoms with Crippen LogP contribution in [0.2, 0.25) is 0 Å². The van der Waals surface area contributed by atoms with Gasteiger partial charge in [0.15, 0.2) is 0 Å². The number of benzene rings is 1. The summed E-state index contributed by atoms with van der Waals surface area (Å²) >= 11 is 0. The molecule has 2 rings (SSSR count). The third kappa shape index (κ3) is 3.42. The highest BCUT2D eigenvalue weighted by Crippen LogP contribution is 2.15. The molecule has 0 spiro atoms. The van der Waals surface area contributed by atoms with E-state index in [1.807, 2.05) is 36.2 Å². The SMILES string of the molecule is COc1ccc(CN(C)c2cnc(CN)cn2)cc1. The first kappa shape index (κ1) is 13.3. The van der Waals surface area contributed by atoms with Gasteiger partial charge in [0.05, 0.1) is 25.2 Å². The van der Waals surface area contributed by atoms with E-state index in [9.17, 15) is 0 Å². The number of rotatable bonds is 5. The molecule has 0 radical (unpaired) electrons. The van der Waals surface area contributed by atoms with Crippen molar-refractivity contribution in [2.24, 2.45) is 5.73 Å². The van der Waals surface area contributed by atoms with Crippen molar-refractivity contribution in [3.8, 4) is 5.75 Å². The normalized spacial score (nSPS) is 10.3. The van der Waals surface area contributed by atoms with E-state index in [1.165, 1.54) is 5.56 Å². The average Bonchev–Trinajstić information content (AvgIpc) is 2.48. The number of anilines is 1.